The molecular weight excluding hydrogens is 327 g/mol. The van der Waals surface area contributed by atoms with Crippen molar-refractivity contribution in [1.82, 2.24) is 10.2 Å². The second-order valence-electron chi connectivity index (χ2n) is 4.57. The van der Waals surface area contributed by atoms with Gasteiger partial charge in [0.15, 0.2) is 0 Å². The molecule has 0 spiro atoms. The summed E-state index contributed by atoms with van der Waals surface area (Å²) in [6, 6.07) is 7.94. The van der Waals surface area contributed by atoms with E-state index in [4.69, 9.17) is 21.4 Å². The molecule has 8 heteroatoms. The van der Waals surface area contributed by atoms with Crippen LogP contribution in [0.15, 0.2) is 41.2 Å². The molecule has 2 N–H and O–H groups in total. The topological polar surface area (TPSA) is 92.3 Å². The van der Waals surface area contributed by atoms with Crippen molar-refractivity contribution in [2.45, 2.75) is 0 Å². The van der Waals surface area contributed by atoms with Gasteiger partial charge < -0.3 is 9.84 Å². The Morgan fingerprint density at radius 3 is 2.83 bits per heavy atom. The van der Waals surface area contributed by atoms with E-state index in [-0.39, 0.29) is 27.4 Å². The molecule has 3 rings (SSSR count). The van der Waals surface area contributed by atoms with Crippen molar-refractivity contribution in [3.05, 3.63) is 63.2 Å². The van der Waals surface area contributed by atoms with Crippen molar-refractivity contribution in [3.63, 3.8) is 0 Å². The van der Waals surface area contributed by atoms with Crippen molar-refractivity contribution < 1.29 is 19.0 Å². The molecule has 0 amide bonds. The van der Waals surface area contributed by atoms with Gasteiger partial charge in [0.05, 0.1) is 21.4 Å². The zero-order valence-corrected chi connectivity index (χ0v) is 12.1. The van der Waals surface area contributed by atoms with Crippen LogP contribution in [0.1, 0.15) is 10.4 Å². The van der Waals surface area contributed by atoms with Crippen LogP contribution in [0.3, 0.4) is 0 Å². The normalized spacial score (nSPS) is 10.7. The van der Waals surface area contributed by atoms with E-state index in [9.17, 15) is 14.0 Å². The fraction of sp³-hybridized carbons (Fsp3) is 0. The molecule has 0 saturated carbocycles. The minimum atomic E-state index is -1.43. The van der Waals surface area contributed by atoms with Crippen molar-refractivity contribution >= 4 is 28.3 Å². The van der Waals surface area contributed by atoms with E-state index in [2.05, 4.69) is 10.2 Å². The number of aromatic amines is 1. The summed E-state index contributed by atoms with van der Waals surface area (Å²) < 4.78 is 18.9. The molecule has 3 aromatic rings. The van der Waals surface area contributed by atoms with Gasteiger partial charge in [-0.3, -0.25) is 4.79 Å². The number of nitrogens with one attached hydrogen (secondary N) is 1. The number of carbonyl (C=O) groups is 1. The van der Waals surface area contributed by atoms with Crippen LogP contribution in [0.5, 0.6) is 11.6 Å². The summed E-state index contributed by atoms with van der Waals surface area (Å²) in [5, 5.41) is 15.8. The molecule has 0 saturated heterocycles. The highest BCUT2D eigenvalue weighted by Crippen LogP contribution is 2.31. The van der Waals surface area contributed by atoms with Crippen LogP contribution in [-0.2, 0) is 0 Å². The molecule has 0 aliphatic heterocycles. The fourth-order valence-electron chi connectivity index (χ4n) is 2.07. The second kappa shape index (κ2) is 5.69. The largest absolute Gasteiger partial charge is 0.478 e. The van der Waals surface area contributed by atoms with Crippen molar-refractivity contribution in [2.75, 3.05) is 0 Å². The number of halogens is 2. The molecule has 0 fully saturated rings. The average Bonchev–Trinajstić information content (AvgIpc) is 2.52. The van der Waals surface area contributed by atoms with Crippen LogP contribution in [0, 0.1) is 5.82 Å². The number of carboxylic acid groups (broad SMARTS) is 1. The molecule has 0 radical (unpaired) electrons. The highest BCUT2D eigenvalue weighted by molar-refractivity contribution is 6.36. The number of ether oxygens (including phenoxy) is 1. The van der Waals surface area contributed by atoms with Gasteiger partial charge in [-0.1, -0.05) is 17.7 Å². The SMILES string of the molecule is O=C(O)c1cc(Oc2n[nH]c(=O)c3cccc(Cl)c23)ccc1F. The lowest BCUT2D eigenvalue weighted by Crippen LogP contribution is -2.09. The van der Waals surface area contributed by atoms with Gasteiger partial charge in [0, 0.05) is 0 Å². The van der Waals surface area contributed by atoms with Gasteiger partial charge in [-0.25, -0.2) is 14.3 Å². The maximum atomic E-state index is 13.4. The summed E-state index contributed by atoms with van der Waals surface area (Å²) in [6.45, 7) is 0. The molecule has 0 atom stereocenters. The van der Waals surface area contributed by atoms with Crippen molar-refractivity contribution in [1.29, 1.82) is 0 Å². The summed E-state index contributed by atoms with van der Waals surface area (Å²) in [7, 11) is 0. The number of H-pyrrole nitrogens is 1. The lowest BCUT2D eigenvalue weighted by atomic mass is 10.2. The zero-order valence-electron chi connectivity index (χ0n) is 11.3. The number of benzene rings is 2. The molecule has 1 aromatic heterocycles. The zero-order chi connectivity index (χ0) is 16.6. The second-order valence-corrected chi connectivity index (χ2v) is 4.98. The Bertz CT molecular complexity index is 987. The van der Waals surface area contributed by atoms with Gasteiger partial charge in [-0.05, 0) is 30.3 Å². The Morgan fingerprint density at radius 1 is 1.30 bits per heavy atom. The predicted molar refractivity (Wildman–Crippen MR) is 80.8 cm³/mol. The minimum Gasteiger partial charge on any atom is -0.478 e. The Labute approximate surface area is 133 Å². The van der Waals surface area contributed by atoms with Gasteiger partial charge >= 0.3 is 5.97 Å². The summed E-state index contributed by atoms with van der Waals surface area (Å²) in [6.07, 6.45) is 0. The molecule has 2 aromatic carbocycles. The van der Waals surface area contributed by atoms with Crippen molar-refractivity contribution in [2.24, 2.45) is 0 Å². The molecule has 116 valence electrons. The quantitative estimate of drug-likeness (QED) is 0.767. The van der Waals surface area contributed by atoms with Crippen LogP contribution < -0.4 is 10.3 Å². The first-order valence-electron chi connectivity index (χ1n) is 6.35. The lowest BCUT2D eigenvalue weighted by Gasteiger charge is -2.09. The Kier molecular flexibility index (Phi) is 3.71. The van der Waals surface area contributed by atoms with Crippen LogP contribution in [0.25, 0.3) is 10.8 Å². The lowest BCUT2D eigenvalue weighted by molar-refractivity contribution is 0.0691. The third kappa shape index (κ3) is 2.74. The van der Waals surface area contributed by atoms with Gasteiger partial charge in [0.25, 0.3) is 5.56 Å². The van der Waals surface area contributed by atoms with E-state index in [0.717, 1.165) is 12.1 Å². The smallest absolute Gasteiger partial charge is 0.338 e. The molecule has 0 bridgehead atoms. The highest BCUT2D eigenvalue weighted by atomic mass is 35.5. The minimum absolute atomic E-state index is 0.0202. The fourth-order valence-corrected chi connectivity index (χ4v) is 2.32. The number of nitrogens with zero attached hydrogens (tertiary/aromatic N) is 1. The number of hydrogen-bond donors (Lipinski definition) is 2. The number of aromatic carboxylic acids is 1. The summed E-state index contributed by atoms with van der Waals surface area (Å²) in [4.78, 5) is 22.7. The van der Waals surface area contributed by atoms with Crippen molar-refractivity contribution in [3.8, 4) is 11.6 Å². The molecule has 6 nitrogen and oxygen atoms in total. The van der Waals surface area contributed by atoms with Gasteiger partial charge in [-0.15, -0.1) is 5.10 Å². The maximum Gasteiger partial charge on any atom is 0.338 e. The number of hydrogen-bond acceptors (Lipinski definition) is 4. The number of aromatic nitrogens is 2. The maximum absolute atomic E-state index is 13.4. The Balaban J connectivity index is 2.13. The van der Waals surface area contributed by atoms with E-state index in [0.29, 0.717) is 0 Å². The van der Waals surface area contributed by atoms with Crippen LogP contribution >= 0.6 is 11.6 Å². The monoisotopic (exact) mass is 334 g/mol. The third-order valence-corrected chi connectivity index (χ3v) is 3.43. The molecule has 23 heavy (non-hydrogen) atoms. The van der Waals surface area contributed by atoms with Gasteiger partial charge in [-0.2, -0.15) is 0 Å². The van der Waals surface area contributed by atoms with Crippen LogP contribution in [0.4, 0.5) is 4.39 Å². The number of carboxylic acids is 1. The van der Waals surface area contributed by atoms with E-state index < -0.39 is 22.9 Å². The average molecular weight is 335 g/mol. The predicted octanol–water partition coefficient (Wildman–Crippen LogP) is 3.21. The van der Waals surface area contributed by atoms with Crippen LogP contribution in [-0.4, -0.2) is 21.3 Å². The number of rotatable bonds is 3. The number of fused-ring (bicyclic) bond motifs is 1. The van der Waals surface area contributed by atoms with Crippen LogP contribution in [0.2, 0.25) is 5.02 Å². The first-order valence-corrected chi connectivity index (χ1v) is 6.73. The molecule has 1 heterocycles. The van der Waals surface area contributed by atoms with Gasteiger partial charge in [0.2, 0.25) is 5.88 Å². The first kappa shape index (κ1) is 15.0. The first-order chi connectivity index (χ1) is 11.0. The van der Waals surface area contributed by atoms with E-state index in [1.165, 1.54) is 6.07 Å². The Hall–Kier alpha value is -2.93. The molecular formula is C15H8ClFN2O4. The summed E-state index contributed by atoms with van der Waals surface area (Å²) in [5.74, 6) is -2.29. The van der Waals surface area contributed by atoms with Gasteiger partial charge in [0.1, 0.15) is 11.6 Å². The summed E-state index contributed by atoms with van der Waals surface area (Å²) >= 11 is 6.08. The third-order valence-electron chi connectivity index (χ3n) is 3.11. The standard InChI is InChI=1S/C15H8ClFN2O4/c16-10-3-1-2-8-12(10)14(19-18-13(8)20)23-7-4-5-11(17)9(6-7)15(21)22/h1-6H,(H,18,20)(H,21,22). The molecule has 0 aliphatic carbocycles. The molecule has 0 aliphatic rings. The Morgan fingerprint density at radius 2 is 2.09 bits per heavy atom. The van der Waals surface area contributed by atoms with E-state index in [1.54, 1.807) is 18.2 Å². The van der Waals surface area contributed by atoms with E-state index >= 15 is 0 Å². The highest BCUT2D eigenvalue weighted by Gasteiger charge is 2.15. The van der Waals surface area contributed by atoms with E-state index in [1.807, 2.05) is 0 Å². The summed E-state index contributed by atoms with van der Waals surface area (Å²) in [5.41, 5.74) is -0.984. The molecule has 0 unspecified atom stereocenters.